The van der Waals surface area contributed by atoms with Gasteiger partial charge in [0.2, 0.25) is 0 Å². The molecule has 1 atom stereocenters. The molecule has 0 heterocycles. The van der Waals surface area contributed by atoms with Gasteiger partial charge in [-0.05, 0) is 13.0 Å². The largest absolute Gasteiger partial charge is 0.391 e. The molecule has 1 unspecified atom stereocenters. The molecule has 6 heteroatoms. The fraction of sp³-hybridized carbons (Fsp3) is 1.00. The first-order valence-corrected chi connectivity index (χ1v) is 6.57. The number of aliphatic hydroxyl groups is 1. The van der Waals surface area contributed by atoms with Crippen molar-refractivity contribution in [1.29, 1.82) is 0 Å². The summed E-state index contributed by atoms with van der Waals surface area (Å²) >= 11 is 0. The third-order valence-electron chi connectivity index (χ3n) is 1.66. The highest BCUT2D eigenvalue weighted by atomic mass is 32.2. The number of aliphatic hydroxyl groups excluding tert-OH is 1. The van der Waals surface area contributed by atoms with Gasteiger partial charge in [-0.3, -0.25) is 0 Å². The van der Waals surface area contributed by atoms with Crippen molar-refractivity contribution < 1.29 is 18.3 Å². The van der Waals surface area contributed by atoms with Crippen LogP contribution in [0.5, 0.6) is 0 Å². The highest BCUT2D eigenvalue weighted by Crippen LogP contribution is 1.89. The van der Waals surface area contributed by atoms with Gasteiger partial charge in [0.1, 0.15) is 9.84 Å². The Labute approximate surface area is 85.4 Å². The maximum atomic E-state index is 10.7. The number of ether oxygens (including phenoxy) is 1. The summed E-state index contributed by atoms with van der Waals surface area (Å²) in [6.07, 6.45) is 1.29. The van der Waals surface area contributed by atoms with Crippen LogP contribution in [-0.2, 0) is 14.6 Å². The van der Waals surface area contributed by atoms with Gasteiger partial charge in [-0.2, -0.15) is 0 Å². The van der Waals surface area contributed by atoms with E-state index < -0.39 is 15.9 Å². The van der Waals surface area contributed by atoms with Crippen LogP contribution in [0.25, 0.3) is 0 Å². The van der Waals surface area contributed by atoms with Crippen molar-refractivity contribution in [3.8, 4) is 0 Å². The van der Waals surface area contributed by atoms with E-state index in [1.54, 1.807) is 0 Å². The van der Waals surface area contributed by atoms with E-state index in [-0.39, 0.29) is 5.75 Å². The van der Waals surface area contributed by atoms with E-state index in [1.807, 2.05) is 0 Å². The van der Waals surface area contributed by atoms with Crippen molar-refractivity contribution in [1.82, 2.24) is 5.32 Å². The Morgan fingerprint density at radius 2 is 2.07 bits per heavy atom. The van der Waals surface area contributed by atoms with Crippen molar-refractivity contribution >= 4 is 9.84 Å². The summed E-state index contributed by atoms with van der Waals surface area (Å²) in [4.78, 5) is 0. The molecule has 0 saturated carbocycles. The first-order chi connectivity index (χ1) is 6.45. The predicted octanol–water partition coefficient (Wildman–Crippen LogP) is -0.982. The van der Waals surface area contributed by atoms with Gasteiger partial charge in [0.05, 0.1) is 18.5 Å². The van der Waals surface area contributed by atoms with Crippen LogP contribution in [0, 0.1) is 0 Å². The zero-order chi connectivity index (χ0) is 11.0. The van der Waals surface area contributed by atoms with E-state index in [2.05, 4.69) is 5.32 Å². The molecule has 0 fully saturated rings. The SMILES string of the molecule is COCC(O)CCNCCS(C)(=O)=O. The molecule has 5 nitrogen and oxygen atoms in total. The zero-order valence-corrected chi connectivity index (χ0v) is 9.51. The fourth-order valence-corrected chi connectivity index (χ4v) is 1.44. The summed E-state index contributed by atoms with van der Waals surface area (Å²) in [5.41, 5.74) is 0. The first-order valence-electron chi connectivity index (χ1n) is 4.51. The summed E-state index contributed by atoms with van der Waals surface area (Å²) in [7, 11) is -1.36. The van der Waals surface area contributed by atoms with Gasteiger partial charge in [0.25, 0.3) is 0 Å². The molecule has 0 aliphatic rings. The maximum Gasteiger partial charge on any atom is 0.148 e. The minimum Gasteiger partial charge on any atom is -0.391 e. The average molecular weight is 225 g/mol. The third kappa shape index (κ3) is 9.91. The number of hydrogen-bond acceptors (Lipinski definition) is 5. The van der Waals surface area contributed by atoms with Gasteiger partial charge in [-0.15, -0.1) is 0 Å². The Bertz CT molecular complexity index is 227. The molecule has 0 aromatic carbocycles. The van der Waals surface area contributed by atoms with Crippen molar-refractivity contribution in [2.75, 3.05) is 38.8 Å². The van der Waals surface area contributed by atoms with Gasteiger partial charge >= 0.3 is 0 Å². The molecule has 2 N–H and O–H groups in total. The lowest BCUT2D eigenvalue weighted by Gasteiger charge is -2.09. The second-order valence-corrected chi connectivity index (χ2v) is 5.54. The molecule has 0 spiro atoms. The third-order valence-corrected chi connectivity index (χ3v) is 2.61. The number of rotatable bonds is 8. The average Bonchev–Trinajstić information content (AvgIpc) is 2.02. The fourth-order valence-electron chi connectivity index (χ4n) is 0.927. The zero-order valence-electron chi connectivity index (χ0n) is 8.69. The standard InChI is InChI=1S/C8H19NO4S/c1-13-7-8(10)3-4-9-5-6-14(2,11)12/h8-10H,3-7H2,1-2H3. The molecular formula is C8H19NO4S. The van der Waals surface area contributed by atoms with E-state index in [9.17, 15) is 13.5 Å². The van der Waals surface area contributed by atoms with Crippen LogP contribution in [-0.4, -0.2) is 58.4 Å². The molecule has 86 valence electrons. The smallest absolute Gasteiger partial charge is 0.148 e. The second kappa shape index (κ2) is 7.17. The summed E-state index contributed by atoms with van der Waals surface area (Å²) in [6.45, 7) is 1.34. The van der Waals surface area contributed by atoms with E-state index in [0.717, 1.165) is 0 Å². The molecule has 14 heavy (non-hydrogen) atoms. The van der Waals surface area contributed by atoms with E-state index in [1.165, 1.54) is 13.4 Å². The summed E-state index contributed by atoms with van der Waals surface area (Å²) < 4.78 is 26.2. The van der Waals surface area contributed by atoms with Crippen molar-refractivity contribution in [2.45, 2.75) is 12.5 Å². The number of hydrogen-bond donors (Lipinski definition) is 2. The predicted molar refractivity (Wildman–Crippen MR) is 55.1 cm³/mol. The van der Waals surface area contributed by atoms with E-state index >= 15 is 0 Å². The molecule has 0 radical (unpaired) electrons. The summed E-state index contributed by atoms with van der Waals surface area (Å²) in [5, 5.41) is 12.2. The van der Waals surface area contributed by atoms with E-state index in [4.69, 9.17) is 4.74 Å². The molecule has 0 aliphatic heterocycles. The highest BCUT2D eigenvalue weighted by molar-refractivity contribution is 7.90. The number of nitrogens with one attached hydrogen (secondary N) is 1. The topological polar surface area (TPSA) is 75.6 Å². The summed E-state index contributed by atoms with van der Waals surface area (Å²) in [6, 6.07) is 0. The Kier molecular flexibility index (Phi) is 7.08. The number of methoxy groups -OCH3 is 1. The van der Waals surface area contributed by atoms with Crippen LogP contribution in [0.3, 0.4) is 0 Å². The highest BCUT2D eigenvalue weighted by Gasteiger charge is 2.03. The monoisotopic (exact) mass is 225 g/mol. The van der Waals surface area contributed by atoms with Crippen LogP contribution >= 0.6 is 0 Å². The van der Waals surface area contributed by atoms with Crippen LogP contribution in [0.15, 0.2) is 0 Å². The molecule has 0 bridgehead atoms. The maximum absolute atomic E-state index is 10.7. The molecule has 0 rings (SSSR count). The molecular weight excluding hydrogens is 206 g/mol. The van der Waals surface area contributed by atoms with Crippen LogP contribution in [0.4, 0.5) is 0 Å². The Morgan fingerprint density at radius 3 is 2.57 bits per heavy atom. The molecule has 0 aromatic heterocycles. The van der Waals surface area contributed by atoms with Crippen molar-refractivity contribution in [3.63, 3.8) is 0 Å². The Morgan fingerprint density at radius 1 is 1.43 bits per heavy atom. The molecule has 0 amide bonds. The van der Waals surface area contributed by atoms with Crippen molar-refractivity contribution in [3.05, 3.63) is 0 Å². The minimum absolute atomic E-state index is 0.132. The lowest BCUT2D eigenvalue weighted by atomic mass is 10.3. The summed E-state index contributed by atoms with van der Waals surface area (Å²) in [5.74, 6) is 0.132. The molecule has 0 aromatic rings. The minimum atomic E-state index is -2.88. The molecule has 0 saturated heterocycles. The molecule has 0 aliphatic carbocycles. The van der Waals surface area contributed by atoms with Crippen LogP contribution in [0.1, 0.15) is 6.42 Å². The van der Waals surface area contributed by atoms with Crippen LogP contribution < -0.4 is 5.32 Å². The lowest BCUT2D eigenvalue weighted by molar-refractivity contribution is 0.0595. The Hall–Kier alpha value is -0.170. The normalized spacial score (nSPS) is 14.2. The Balaban J connectivity index is 3.30. The quantitative estimate of drug-likeness (QED) is 0.519. The van der Waals surface area contributed by atoms with E-state index in [0.29, 0.717) is 26.1 Å². The number of sulfone groups is 1. The van der Waals surface area contributed by atoms with Gasteiger partial charge in [0, 0.05) is 19.9 Å². The van der Waals surface area contributed by atoms with Crippen molar-refractivity contribution in [2.24, 2.45) is 0 Å². The lowest BCUT2D eigenvalue weighted by Crippen LogP contribution is -2.27. The van der Waals surface area contributed by atoms with Gasteiger partial charge in [-0.1, -0.05) is 0 Å². The van der Waals surface area contributed by atoms with Gasteiger partial charge in [-0.25, -0.2) is 8.42 Å². The second-order valence-electron chi connectivity index (χ2n) is 3.28. The van der Waals surface area contributed by atoms with Gasteiger partial charge in [0.15, 0.2) is 0 Å². The van der Waals surface area contributed by atoms with Gasteiger partial charge < -0.3 is 15.2 Å². The first kappa shape index (κ1) is 13.8. The van der Waals surface area contributed by atoms with Crippen LogP contribution in [0.2, 0.25) is 0 Å².